The van der Waals surface area contributed by atoms with E-state index in [4.69, 9.17) is 18.9 Å². The van der Waals surface area contributed by atoms with Crippen molar-refractivity contribution >= 4 is 11.9 Å². The third-order valence-corrected chi connectivity index (χ3v) is 5.28. The number of aromatic nitrogens is 2. The SMILES string of the molecule is COCc1ccc(C(=O)NC2CCN(c3nccc(C4CCOCC4)n3)C2)o1. The van der Waals surface area contributed by atoms with Gasteiger partial charge in [-0.3, -0.25) is 4.79 Å². The van der Waals surface area contributed by atoms with Crippen LogP contribution in [-0.4, -0.2) is 55.3 Å². The number of hydrogen-bond acceptors (Lipinski definition) is 7. The molecule has 0 aliphatic carbocycles. The minimum Gasteiger partial charge on any atom is -0.453 e. The smallest absolute Gasteiger partial charge is 0.287 e. The summed E-state index contributed by atoms with van der Waals surface area (Å²) in [6.45, 7) is 3.44. The zero-order chi connectivity index (χ0) is 19.3. The van der Waals surface area contributed by atoms with Crippen LogP contribution in [0.3, 0.4) is 0 Å². The number of furan rings is 1. The Morgan fingerprint density at radius 3 is 2.96 bits per heavy atom. The molecule has 8 heteroatoms. The third kappa shape index (κ3) is 4.34. The van der Waals surface area contributed by atoms with Crippen molar-refractivity contribution in [3.63, 3.8) is 0 Å². The van der Waals surface area contributed by atoms with E-state index in [1.807, 2.05) is 12.3 Å². The fourth-order valence-corrected chi connectivity index (χ4v) is 3.77. The molecule has 2 aliphatic rings. The maximum absolute atomic E-state index is 12.4. The minimum absolute atomic E-state index is 0.0406. The van der Waals surface area contributed by atoms with Crippen LogP contribution in [0.5, 0.6) is 0 Å². The number of methoxy groups -OCH3 is 1. The maximum atomic E-state index is 12.4. The van der Waals surface area contributed by atoms with E-state index in [-0.39, 0.29) is 11.9 Å². The Labute approximate surface area is 164 Å². The molecular formula is C20H26N4O4. The zero-order valence-corrected chi connectivity index (χ0v) is 16.1. The van der Waals surface area contributed by atoms with Gasteiger partial charge in [-0.2, -0.15) is 0 Å². The summed E-state index contributed by atoms with van der Waals surface area (Å²) in [4.78, 5) is 23.8. The van der Waals surface area contributed by atoms with E-state index < -0.39 is 0 Å². The lowest BCUT2D eigenvalue weighted by Crippen LogP contribution is -2.37. The molecule has 1 atom stereocenters. The van der Waals surface area contributed by atoms with Gasteiger partial charge in [0, 0.05) is 57.3 Å². The summed E-state index contributed by atoms with van der Waals surface area (Å²) in [6.07, 6.45) is 4.69. The number of hydrogen-bond donors (Lipinski definition) is 1. The van der Waals surface area contributed by atoms with Gasteiger partial charge in [0.1, 0.15) is 12.4 Å². The number of carbonyl (C=O) groups is 1. The van der Waals surface area contributed by atoms with Crippen LogP contribution in [0.1, 0.15) is 47.2 Å². The molecule has 2 saturated heterocycles. The fourth-order valence-electron chi connectivity index (χ4n) is 3.77. The maximum Gasteiger partial charge on any atom is 0.287 e. The van der Waals surface area contributed by atoms with Crippen LogP contribution < -0.4 is 10.2 Å². The van der Waals surface area contributed by atoms with E-state index in [1.54, 1.807) is 19.2 Å². The molecule has 28 heavy (non-hydrogen) atoms. The fraction of sp³-hybridized carbons (Fsp3) is 0.550. The van der Waals surface area contributed by atoms with Gasteiger partial charge in [-0.25, -0.2) is 9.97 Å². The van der Waals surface area contributed by atoms with E-state index in [1.165, 1.54) is 0 Å². The summed E-state index contributed by atoms with van der Waals surface area (Å²) in [5.74, 6) is 1.92. The predicted molar refractivity (Wildman–Crippen MR) is 102 cm³/mol. The van der Waals surface area contributed by atoms with Gasteiger partial charge in [0.25, 0.3) is 5.91 Å². The number of nitrogens with zero attached hydrogens (tertiary/aromatic N) is 3. The van der Waals surface area contributed by atoms with Gasteiger partial charge in [0.2, 0.25) is 5.95 Å². The highest BCUT2D eigenvalue weighted by molar-refractivity contribution is 5.91. The van der Waals surface area contributed by atoms with Crippen molar-refractivity contribution in [2.75, 3.05) is 38.3 Å². The quantitative estimate of drug-likeness (QED) is 0.813. The number of rotatable bonds is 6. The Morgan fingerprint density at radius 2 is 2.14 bits per heavy atom. The highest BCUT2D eigenvalue weighted by Crippen LogP contribution is 2.27. The van der Waals surface area contributed by atoms with E-state index in [9.17, 15) is 4.79 Å². The molecule has 4 rings (SSSR count). The number of carbonyl (C=O) groups excluding carboxylic acids is 1. The number of nitrogens with one attached hydrogen (secondary N) is 1. The van der Waals surface area contributed by atoms with Crippen LogP contribution in [0, 0.1) is 0 Å². The summed E-state index contributed by atoms with van der Waals surface area (Å²) in [5.41, 5.74) is 1.09. The number of anilines is 1. The summed E-state index contributed by atoms with van der Waals surface area (Å²) in [7, 11) is 1.59. The van der Waals surface area contributed by atoms with Crippen LogP contribution in [-0.2, 0) is 16.1 Å². The normalized spacial score (nSPS) is 20.5. The second-order valence-corrected chi connectivity index (χ2v) is 7.27. The van der Waals surface area contributed by atoms with E-state index in [2.05, 4.69) is 15.2 Å². The Hall–Kier alpha value is -2.45. The molecule has 0 radical (unpaired) electrons. The lowest BCUT2D eigenvalue weighted by atomic mass is 9.96. The van der Waals surface area contributed by atoms with Crippen molar-refractivity contribution < 1.29 is 18.7 Å². The molecule has 2 aromatic rings. The molecule has 4 heterocycles. The van der Waals surface area contributed by atoms with Crippen LogP contribution in [0.4, 0.5) is 5.95 Å². The monoisotopic (exact) mass is 386 g/mol. The third-order valence-electron chi connectivity index (χ3n) is 5.28. The second-order valence-electron chi connectivity index (χ2n) is 7.27. The van der Waals surface area contributed by atoms with Gasteiger partial charge in [0.15, 0.2) is 5.76 Å². The van der Waals surface area contributed by atoms with Gasteiger partial charge in [0.05, 0.1) is 0 Å². The standard InChI is InChI=1S/C20H26N4O4/c1-26-13-16-2-3-18(28-16)19(25)22-15-5-9-24(12-15)20-21-8-4-17(23-20)14-6-10-27-11-7-14/h2-4,8,14-15H,5-7,9-13H2,1H3,(H,22,25). The second kappa shape index (κ2) is 8.70. The van der Waals surface area contributed by atoms with Crippen LogP contribution in [0.2, 0.25) is 0 Å². The van der Waals surface area contributed by atoms with Crippen molar-refractivity contribution in [3.05, 3.63) is 41.6 Å². The molecule has 0 bridgehead atoms. The molecule has 2 aliphatic heterocycles. The lowest BCUT2D eigenvalue weighted by molar-refractivity contribution is 0.0845. The first-order chi connectivity index (χ1) is 13.7. The average molecular weight is 386 g/mol. The Kier molecular flexibility index (Phi) is 5.87. The van der Waals surface area contributed by atoms with Crippen molar-refractivity contribution in [1.82, 2.24) is 15.3 Å². The number of amides is 1. The van der Waals surface area contributed by atoms with Crippen molar-refractivity contribution in [3.8, 4) is 0 Å². The Morgan fingerprint density at radius 1 is 1.29 bits per heavy atom. The van der Waals surface area contributed by atoms with Gasteiger partial charge in [-0.05, 0) is 37.5 Å². The first-order valence-electron chi connectivity index (χ1n) is 9.77. The van der Waals surface area contributed by atoms with Crippen molar-refractivity contribution in [2.45, 2.75) is 37.8 Å². The number of ether oxygens (including phenoxy) is 2. The molecule has 1 N–H and O–H groups in total. The van der Waals surface area contributed by atoms with E-state index in [0.717, 1.165) is 50.7 Å². The molecule has 2 fully saturated rings. The largest absolute Gasteiger partial charge is 0.453 e. The highest BCUT2D eigenvalue weighted by Gasteiger charge is 2.27. The van der Waals surface area contributed by atoms with Crippen LogP contribution in [0.15, 0.2) is 28.8 Å². The summed E-state index contributed by atoms with van der Waals surface area (Å²) in [6, 6.07) is 5.48. The summed E-state index contributed by atoms with van der Waals surface area (Å²) < 4.78 is 16.0. The average Bonchev–Trinajstić information content (AvgIpc) is 3.39. The van der Waals surface area contributed by atoms with E-state index in [0.29, 0.717) is 30.6 Å². The Bertz CT molecular complexity index is 803. The van der Waals surface area contributed by atoms with Crippen LogP contribution in [0.25, 0.3) is 0 Å². The van der Waals surface area contributed by atoms with Gasteiger partial charge in [-0.15, -0.1) is 0 Å². The molecule has 2 aromatic heterocycles. The van der Waals surface area contributed by atoms with Gasteiger partial charge in [-0.1, -0.05) is 0 Å². The molecule has 150 valence electrons. The van der Waals surface area contributed by atoms with E-state index >= 15 is 0 Å². The Balaban J connectivity index is 1.35. The molecule has 1 unspecified atom stereocenters. The summed E-state index contributed by atoms with van der Waals surface area (Å²) >= 11 is 0. The topological polar surface area (TPSA) is 89.7 Å². The lowest BCUT2D eigenvalue weighted by Gasteiger charge is -2.23. The molecule has 0 saturated carbocycles. The van der Waals surface area contributed by atoms with Crippen molar-refractivity contribution in [2.24, 2.45) is 0 Å². The minimum atomic E-state index is -0.203. The van der Waals surface area contributed by atoms with Crippen LogP contribution >= 0.6 is 0 Å². The predicted octanol–water partition coefficient (Wildman–Crippen LogP) is 2.12. The molecule has 0 spiro atoms. The molecular weight excluding hydrogens is 360 g/mol. The zero-order valence-electron chi connectivity index (χ0n) is 16.1. The first-order valence-corrected chi connectivity index (χ1v) is 9.77. The van der Waals surface area contributed by atoms with Gasteiger partial charge >= 0.3 is 0 Å². The molecule has 1 amide bonds. The molecule has 0 aromatic carbocycles. The highest BCUT2D eigenvalue weighted by atomic mass is 16.5. The first kappa shape index (κ1) is 18.9. The summed E-state index contributed by atoms with van der Waals surface area (Å²) in [5, 5.41) is 3.04. The molecule has 8 nitrogen and oxygen atoms in total. The van der Waals surface area contributed by atoms with Crippen molar-refractivity contribution in [1.29, 1.82) is 0 Å². The van der Waals surface area contributed by atoms with Gasteiger partial charge < -0.3 is 24.1 Å².